The second-order valence-corrected chi connectivity index (χ2v) is 23.1. The van der Waals surface area contributed by atoms with Crippen LogP contribution in [0.2, 0.25) is 0 Å². The zero-order chi connectivity index (χ0) is 52.7. The van der Waals surface area contributed by atoms with E-state index < -0.39 is 18.4 Å². The standard InChI is InChI=1S/C63H123NO8/c1-6-8-10-12-14-16-18-20-22-24-26-28-30-32-34-36-38-40-42-44-46-48-50-52-54-61(66)72-59(58-71-63(62(67)68)69-56-55-64(3,4)5)57-70-60(65)53-51-49-47-45-43-41-39-37-35-33-31-29-27-25-23-21-19-17-15-13-11-9-7-2/h59,63H,6-58H2,1-5H3/p+1. The quantitative estimate of drug-likeness (QED) is 0.0278. The smallest absolute Gasteiger partial charge is 0.361 e. The topological polar surface area (TPSA) is 108 Å². The maximum Gasteiger partial charge on any atom is 0.361 e. The number of hydrogen-bond acceptors (Lipinski definition) is 7. The monoisotopic (exact) mass is 1020 g/mol. The van der Waals surface area contributed by atoms with Crippen LogP contribution in [0.25, 0.3) is 0 Å². The van der Waals surface area contributed by atoms with Gasteiger partial charge in [-0.3, -0.25) is 9.59 Å². The minimum Gasteiger partial charge on any atom is -0.477 e. The lowest BCUT2D eigenvalue weighted by molar-refractivity contribution is -0.870. The Morgan fingerprint density at radius 1 is 0.361 bits per heavy atom. The zero-order valence-corrected chi connectivity index (χ0v) is 48.9. The third-order valence-corrected chi connectivity index (χ3v) is 14.6. The molecular weight excluding hydrogens is 899 g/mol. The highest BCUT2D eigenvalue weighted by molar-refractivity contribution is 5.71. The molecule has 0 radical (unpaired) electrons. The summed E-state index contributed by atoms with van der Waals surface area (Å²) in [5.41, 5.74) is 0. The van der Waals surface area contributed by atoms with Crippen molar-refractivity contribution in [1.82, 2.24) is 0 Å². The van der Waals surface area contributed by atoms with Crippen LogP contribution in [0.5, 0.6) is 0 Å². The van der Waals surface area contributed by atoms with Gasteiger partial charge in [0.15, 0.2) is 6.10 Å². The number of ether oxygens (including phenoxy) is 4. The first-order valence-electron chi connectivity index (χ1n) is 31.7. The molecule has 2 unspecified atom stereocenters. The van der Waals surface area contributed by atoms with Crippen LogP contribution in [-0.2, 0) is 33.3 Å². The fraction of sp³-hybridized carbons (Fsp3) is 0.952. The molecule has 1 N–H and O–H groups in total. The van der Waals surface area contributed by atoms with Crippen molar-refractivity contribution in [3.05, 3.63) is 0 Å². The molecule has 0 aliphatic heterocycles. The second-order valence-electron chi connectivity index (χ2n) is 23.1. The summed E-state index contributed by atoms with van der Waals surface area (Å²) in [5, 5.41) is 9.72. The van der Waals surface area contributed by atoms with Gasteiger partial charge in [0.1, 0.15) is 13.2 Å². The number of carboxylic acid groups (broad SMARTS) is 1. The number of nitrogens with zero attached hydrogens (tertiary/aromatic N) is 1. The van der Waals surface area contributed by atoms with E-state index in [1.165, 1.54) is 263 Å². The van der Waals surface area contributed by atoms with Gasteiger partial charge in [-0.2, -0.15) is 0 Å². The fourth-order valence-electron chi connectivity index (χ4n) is 9.72. The van der Waals surface area contributed by atoms with Gasteiger partial charge in [-0.25, -0.2) is 4.79 Å². The molecule has 2 atom stereocenters. The number of carboxylic acids is 1. The molecule has 0 saturated carbocycles. The van der Waals surface area contributed by atoms with Gasteiger partial charge >= 0.3 is 17.9 Å². The van der Waals surface area contributed by atoms with Crippen LogP contribution in [0.3, 0.4) is 0 Å². The van der Waals surface area contributed by atoms with Gasteiger partial charge in [0.25, 0.3) is 6.29 Å². The molecule has 9 heteroatoms. The summed E-state index contributed by atoms with van der Waals surface area (Å²) in [6.45, 7) is 4.96. The summed E-state index contributed by atoms with van der Waals surface area (Å²) in [5.74, 6) is -1.97. The first-order valence-corrected chi connectivity index (χ1v) is 31.7. The Labute approximate surface area is 447 Å². The molecule has 9 nitrogen and oxygen atoms in total. The molecule has 0 saturated heterocycles. The average molecular weight is 1020 g/mol. The Hall–Kier alpha value is -1.71. The molecule has 0 fully saturated rings. The van der Waals surface area contributed by atoms with E-state index in [0.29, 0.717) is 17.4 Å². The van der Waals surface area contributed by atoms with Gasteiger partial charge in [-0.1, -0.05) is 303 Å². The number of hydrogen-bond donors (Lipinski definition) is 1. The first kappa shape index (κ1) is 70.3. The number of carbonyl (C=O) groups is 3. The van der Waals surface area contributed by atoms with Crippen molar-refractivity contribution in [3.8, 4) is 0 Å². The second kappa shape index (κ2) is 55.5. The van der Waals surface area contributed by atoms with E-state index in [2.05, 4.69) is 13.8 Å². The number of unbranched alkanes of at least 4 members (excludes halogenated alkanes) is 45. The van der Waals surface area contributed by atoms with Gasteiger partial charge in [0.05, 0.1) is 34.4 Å². The summed E-state index contributed by atoms with van der Waals surface area (Å²) in [6, 6.07) is 0. The van der Waals surface area contributed by atoms with Crippen LogP contribution >= 0.6 is 0 Å². The van der Waals surface area contributed by atoms with Crippen molar-refractivity contribution in [1.29, 1.82) is 0 Å². The van der Waals surface area contributed by atoms with Crippen molar-refractivity contribution < 1.29 is 42.9 Å². The van der Waals surface area contributed by atoms with Crippen LogP contribution < -0.4 is 0 Å². The minimum absolute atomic E-state index is 0.172. The van der Waals surface area contributed by atoms with E-state index in [-0.39, 0.29) is 38.2 Å². The average Bonchev–Trinajstić information content (AvgIpc) is 3.35. The Morgan fingerprint density at radius 3 is 0.889 bits per heavy atom. The lowest BCUT2D eigenvalue weighted by Gasteiger charge is -2.25. The molecule has 0 aliphatic rings. The van der Waals surface area contributed by atoms with Gasteiger partial charge in [-0.05, 0) is 12.8 Å². The Morgan fingerprint density at radius 2 is 0.625 bits per heavy atom. The highest BCUT2D eigenvalue weighted by atomic mass is 16.7. The molecule has 0 amide bonds. The molecule has 0 rings (SSSR count). The number of esters is 2. The Bertz CT molecular complexity index is 1140. The van der Waals surface area contributed by atoms with E-state index in [1.54, 1.807) is 0 Å². The number of carbonyl (C=O) groups excluding carboxylic acids is 2. The maximum atomic E-state index is 12.9. The van der Waals surface area contributed by atoms with E-state index in [0.717, 1.165) is 38.5 Å². The highest BCUT2D eigenvalue weighted by Gasteiger charge is 2.25. The van der Waals surface area contributed by atoms with E-state index in [4.69, 9.17) is 18.9 Å². The molecular formula is C63H124NO8+. The molecule has 0 bridgehead atoms. The molecule has 0 spiro atoms. The number of quaternary nitrogens is 1. The van der Waals surface area contributed by atoms with Crippen LogP contribution in [0, 0.1) is 0 Å². The van der Waals surface area contributed by atoms with Crippen molar-refractivity contribution in [3.63, 3.8) is 0 Å². The summed E-state index contributed by atoms with van der Waals surface area (Å²) in [4.78, 5) is 37.5. The molecule has 0 heterocycles. The van der Waals surface area contributed by atoms with Crippen molar-refractivity contribution in [2.24, 2.45) is 0 Å². The van der Waals surface area contributed by atoms with Crippen molar-refractivity contribution in [2.45, 2.75) is 341 Å². The molecule has 72 heavy (non-hydrogen) atoms. The minimum atomic E-state index is -1.50. The van der Waals surface area contributed by atoms with E-state index >= 15 is 0 Å². The number of rotatable bonds is 60. The van der Waals surface area contributed by atoms with Crippen molar-refractivity contribution >= 4 is 17.9 Å². The summed E-state index contributed by atoms with van der Waals surface area (Å²) < 4.78 is 23.0. The molecule has 0 aromatic heterocycles. The van der Waals surface area contributed by atoms with Crippen molar-refractivity contribution in [2.75, 3.05) is 47.5 Å². The lowest BCUT2D eigenvalue weighted by Crippen LogP contribution is -2.40. The molecule has 428 valence electrons. The zero-order valence-electron chi connectivity index (χ0n) is 48.9. The summed E-state index contributed by atoms with van der Waals surface area (Å²) in [6.07, 6.45) is 60.5. The predicted molar refractivity (Wildman–Crippen MR) is 305 cm³/mol. The first-order chi connectivity index (χ1) is 35.1. The number of aliphatic carboxylic acids is 1. The van der Waals surface area contributed by atoms with Gasteiger partial charge < -0.3 is 28.5 Å². The third kappa shape index (κ3) is 56.0. The Kier molecular flexibility index (Phi) is 54.2. The summed E-state index contributed by atoms with van der Waals surface area (Å²) >= 11 is 0. The van der Waals surface area contributed by atoms with Gasteiger partial charge in [0, 0.05) is 12.8 Å². The molecule has 0 aliphatic carbocycles. The predicted octanol–water partition coefficient (Wildman–Crippen LogP) is 18.7. The lowest BCUT2D eigenvalue weighted by atomic mass is 10.0. The number of likely N-dealkylation sites (N-methyl/N-ethyl adjacent to an activating group) is 1. The normalized spacial score (nSPS) is 12.6. The van der Waals surface area contributed by atoms with E-state index in [1.807, 2.05) is 21.1 Å². The van der Waals surface area contributed by atoms with Gasteiger partial charge in [-0.15, -0.1) is 0 Å². The largest absolute Gasteiger partial charge is 0.477 e. The van der Waals surface area contributed by atoms with E-state index in [9.17, 15) is 19.5 Å². The fourth-order valence-corrected chi connectivity index (χ4v) is 9.72. The van der Waals surface area contributed by atoms with Gasteiger partial charge in [0.2, 0.25) is 0 Å². The molecule has 0 aromatic rings. The maximum absolute atomic E-state index is 12.9. The Balaban J connectivity index is 4.13. The SMILES string of the molecule is CCCCCCCCCCCCCCCCCCCCCCCCCCC(=O)OC(COC(=O)CCCCCCCCCCCCCCCCCCCCCCCCC)COC(OCC[N+](C)(C)C)C(=O)O. The molecule has 0 aromatic carbocycles. The van der Waals surface area contributed by atoms with Crippen LogP contribution in [0.4, 0.5) is 0 Å². The van der Waals surface area contributed by atoms with Crippen LogP contribution in [0.1, 0.15) is 328 Å². The third-order valence-electron chi connectivity index (χ3n) is 14.6. The van der Waals surface area contributed by atoms with Crippen LogP contribution in [-0.4, -0.2) is 87.4 Å². The highest BCUT2D eigenvalue weighted by Crippen LogP contribution is 2.19. The summed E-state index contributed by atoms with van der Waals surface area (Å²) in [7, 11) is 5.99. The van der Waals surface area contributed by atoms with Crippen LogP contribution in [0.15, 0.2) is 0 Å².